The number of hydrogen-bond acceptors (Lipinski definition) is 9. The summed E-state index contributed by atoms with van der Waals surface area (Å²) in [5.41, 5.74) is 0. The Kier molecular flexibility index (Phi) is 41.3. The van der Waals surface area contributed by atoms with E-state index in [1.807, 2.05) is 0 Å². The van der Waals surface area contributed by atoms with E-state index in [4.69, 9.17) is 42.6 Å². The van der Waals surface area contributed by atoms with Crippen LogP contribution in [0, 0.1) is 0 Å². The third-order valence-corrected chi connectivity index (χ3v) is 6.76. The molecule has 0 rings (SSSR count). The first-order valence-electron chi connectivity index (χ1n) is 17.6. The van der Waals surface area contributed by atoms with Crippen LogP contribution >= 0.6 is 0 Å². The van der Waals surface area contributed by atoms with Crippen molar-refractivity contribution in [1.82, 2.24) is 0 Å². The van der Waals surface area contributed by atoms with Gasteiger partial charge in [-0.15, -0.1) is 0 Å². The maximum Gasteiger partial charge on any atom is 0.0701 e. The first-order valence-corrected chi connectivity index (χ1v) is 17.6. The Morgan fingerprint density at radius 3 is 0.605 bits per heavy atom. The van der Waals surface area contributed by atoms with E-state index in [-0.39, 0.29) is 0 Å². The van der Waals surface area contributed by atoms with Gasteiger partial charge in [-0.3, -0.25) is 0 Å². The van der Waals surface area contributed by atoms with Crippen LogP contribution in [0.15, 0.2) is 0 Å². The van der Waals surface area contributed by atoms with E-state index in [2.05, 4.69) is 13.8 Å². The lowest BCUT2D eigenvalue weighted by atomic mass is 10.1. The number of hydrogen-bond donors (Lipinski definition) is 0. The van der Waals surface area contributed by atoms with Gasteiger partial charge in [0.15, 0.2) is 0 Å². The summed E-state index contributed by atoms with van der Waals surface area (Å²) in [6.07, 6.45) is 18.5. The van der Waals surface area contributed by atoms with E-state index in [1.165, 1.54) is 77.0 Å². The molecule has 9 nitrogen and oxygen atoms in total. The van der Waals surface area contributed by atoms with Gasteiger partial charge in [0.1, 0.15) is 0 Å². The molecule has 0 spiro atoms. The van der Waals surface area contributed by atoms with Gasteiger partial charge in [-0.1, -0.05) is 90.9 Å². The van der Waals surface area contributed by atoms with Crippen LogP contribution < -0.4 is 0 Å². The fourth-order valence-corrected chi connectivity index (χ4v) is 4.18. The summed E-state index contributed by atoms with van der Waals surface area (Å²) >= 11 is 0. The van der Waals surface area contributed by atoms with Crippen molar-refractivity contribution in [1.29, 1.82) is 0 Å². The van der Waals surface area contributed by atoms with Gasteiger partial charge in [0.25, 0.3) is 0 Å². The smallest absolute Gasteiger partial charge is 0.0701 e. The Bertz CT molecular complexity index is 431. The molecule has 0 aromatic heterocycles. The Labute approximate surface area is 265 Å². The van der Waals surface area contributed by atoms with E-state index in [0.29, 0.717) is 106 Å². The van der Waals surface area contributed by atoms with Gasteiger partial charge in [0.2, 0.25) is 0 Å². The number of unbranched alkanes of at least 4 members (excludes halogenated alkanes) is 12. The molecule has 0 aliphatic carbocycles. The standard InChI is InChI=1S/C34H70O9/c1-3-5-7-8-9-10-11-12-13-14-16-18-36-20-22-38-24-26-40-28-30-42-32-34-43-33-31-41-29-27-39-25-23-37-21-19-35-17-15-6-4-2/h3-34H2,1-2H3. The summed E-state index contributed by atoms with van der Waals surface area (Å²) in [5.74, 6) is 0. The topological polar surface area (TPSA) is 83.1 Å². The van der Waals surface area contributed by atoms with Crippen molar-refractivity contribution < 1.29 is 42.6 Å². The minimum absolute atomic E-state index is 0.543. The fourth-order valence-electron chi connectivity index (χ4n) is 4.18. The van der Waals surface area contributed by atoms with Gasteiger partial charge in [-0.25, -0.2) is 0 Å². The molecule has 0 heterocycles. The maximum absolute atomic E-state index is 5.65. The second kappa shape index (κ2) is 41.6. The van der Waals surface area contributed by atoms with Gasteiger partial charge in [0.05, 0.1) is 106 Å². The third kappa shape index (κ3) is 41.6. The van der Waals surface area contributed by atoms with Gasteiger partial charge >= 0.3 is 0 Å². The molecule has 9 heteroatoms. The highest BCUT2D eigenvalue weighted by Gasteiger charge is 1.97. The summed E-state index contributed by atoms with van der Waals surface area (Å²) in [6, 6.07) is 0. The summed E-state index contributed by atoms with van der Waals surface area (Å²) in [7, 11) is 0. The number of ether oxygens (including phenoxy) is 9. The van der Waals surface area contributed by atoms with Crippen molar-refractivity contribution in [3.8, 4) is 0 Å². The van der Waals surface area contributed by atoms with Gasteiger partial charge in [0, 0.05) is 13.2 Å². The first-order chi connectivity index (χ1) is 21.4. The molecule has 260 valence electrons. The molecule has 0 radical (unpaired) electrons. The predicted molar refractivity (Wildman–Crippen MR) is 173 cm³/mol. The molecule has 0 aliphatic rings. The van der Waals surface area contributed by atoms with Crippen LogP contribution in [0.5, 0.6) is 0 Å². The molecular weight excluding hydrogens is 552 g/mol. The quantitative estimate of drug-likeness (QED) is 0.0699. The molecule has 0 saturated carbocycles. The van der Waals surface area contributed by atoms with Crippen molar-refractivity contribution in [2.45, 2.75) is 104 Å². The average molecular weight is 623 g/mol. The van der Waals surface area contributed by atoms with Crippen molar-refractivity contribution in [3.05, 3.63) is 0 Å². The SMILES string of the molecule is CCCCCCCCCCCCCOCCOCCOCCOCCOCCOCCOCCOCCOCCCCC. The van der Waals surface area contributed by atoms with Crippen LogP contribution in [0.3, 0.4) is 0 Å². The number of rotatable bonds is 40. The van der Waals surface area contributed by atoms with Crippen molar-refractivity contribution >= 4 is 0 Å². The van der Waals surface area contributed by atoms with E-state index in [9.17, 15) is 0 Å². The van der Waals surface area contributed by atoms with Crippen LogP contribution in [0.1, 0.15) is 104 Å². The molecule has 0 saturated heterocycles. The molecule has 0 amide bonds. The molecule has 0 fully saturated rings. The highest BCUT2D eigenvalue weighted by Crippen LogP contribution is 2.11. The van der Waals surface area contributed by atoms with Gasteiger partial charge in [-0.2, -0.15) is 0 Å². The van der Waals surface area contributed by atoms with Crippen molar-refractivity contribution in [2.24, 2.45) is 0 Å². The molecule has 0 N–H and O–H groups in total. The van der Waals surface area contributed by atoms with E-state index in [1.54, 1.807) is 0 Å². The predicted octanol–water partition coefficient (Wildman–Crippen LogP) is 6.64. The zero-order valence-electron chi connectivity index (χ0n) is 28.3. The molecule has 0 aromatic carbocycles. The van der Waals surface area contributed by atoms with Crippen molar-refractivity contribution in [2.75, 3.05) is 119 Å². The monoisotopic (exact) mass is 623 g/mol. The molecule has 43 heavy (non-hydrogen) atoms. The van der Waals surface area contributed by atoms with E-state index < -0.39 is 0 Å². The molecule has 0 aromatic rings. The second-order valence-corrected chi connectivity index (χ2v) is 10.8. The normalized spacial score (nSPS) is 11.6. The molecule has 0 atom stereocenters. The van der Waals surface area contributed by atoms with Crippen LogP contribution in [0.4, 0.5) is 0 Å². The van der Waals surface area contributed by atoms with Crippen LogP contribution in [0.2, 0.25) is 0 Å². The zero-order chi connectivity index (χ0) is 31.0. The highest BCUT2D eigenvalue weighted by molar-refractivity contribution is 4.48. The van der Waals surface area contributed by atoms with Crippen LogP contribution in [-0.4, -0.2) is 119 Å². The van der Waals surface area contributed by atoms with Crippen LogP contribution in [0.25, 0.3) is 0 Å². The summed E-state index contributed by atoms with van der Waals surface area (Å²) < 4.78 is 49.7. The Morgan fingerprint density at radius 2 is 0.349 bits per heavy atom. The fraction of sp³-hybridized carbons (Fsp3) is 1.00. The summed E-state index contributed by atoms with van der Waals surface area (Å²) in [4.78, 5) is 0. The molecule has 0 unspecified atom stereocenters. The van der Waals surface area contributed by atoms with Crippen molar-refractivity contribution in [3.63, 3.8) is 0 Å². The van der Waals surface area contributed by atoms with Gasteiger partial charge in [-0.05, 0) is 12.8 Å². The maximum atomic E-state index is 5.65. The first kappa shape index (κ1) is 42.6. The lowest BCUT2D eigenvalue weighted by Crippen LogP contribution is -2.15. The van der Waals surface area contributed by atoms with Gasteiger partial charge < -0.3 is 42.6 Å². The Balaban J connectivity index is 3.02. The third-order valence-electron chi connectivity index (χ3n) is 6.76. The molecular formula is C34H70O9. The van der Waals surface area contributed by atoms with E-state index >= 15 is 0 Å². The second-order valence-electron chi connectivity index (χ2n) is 10.8. The van der Waals surface area contributed by atoms with E-state index in [0.717, 1.165) is 26.1 Å². The Morgan fingerprint density at radius 1 is 0.186 bits per heavy atom. The Hall–Kier alpha value is -0.360. The largest absolute Gasteiger partial charge is 0.379 e. The lowest BCUT2D eigenvalue weighted by molar-refractivity contribution is -0.0250. The lowest BCUT2D eigenvalue weighted by Gasteiger charge is -2.09. The molecule has 0 aliphatic heterocycles. The average Bonchev–Trinajstić information content (AvgIpc) is 3.02. The van der Waals surface area contributed by atoms with Crippen LogP contribution in [-0.2, 0) is 42.6 Å². The molecule has 0 bridgehead atoms. The minimum Gasteiger partial charge on any atom is -0.379 e. The highest BCUT2D eigenvalue weighted by atomic mass is 16.6. The zero-order valence-corrected chi connectivity index (χ0v) is 28.3. The minimum atomic E-state index is 0.543. The summed E-state index contributed by atoms with van der Waals surface area (Å²) in [6.45, 7) is 15.4. The summed E-state index contributed by atoms with van der Waals surface area (Å²) in [5, 5.41) is 0.